The molecule has 0 atom stereocenters. The van der Waals surface area contributed by atoms with Crippen LogP contribution < -0.4 is 4.90 Å². The quantitative estimate of drug-likeness (QED) is 0.189. The molecule has 0 unspecified atom stereocenters. The Bertz CT molecular complexity index is 2510. The minimum Gasteiger partial charge on any atom is -0.416 e. The van der Waals surface area contributed by atoms with Gasteiger partial charge in [-0.05, 0) is 84.2 Å². The summed E-state index contributed by atoms with van der Waals surface area (Å²) in [6.45, 7) is 0. The molecular formula is C42H28N4O. The summed E-state index contributed by atoms with van der Waals surface area (Å²) < 4.78 is 8.42. The fourth-order valence-electron chi connectivity index (χ4n) is 6.58. The lowest BCUT2D eigenvalue weighted by Gasteiger charge is -2.27. The molecule has 5 heteroatoms. The van der Waals surface area contributed by atoms with Gasteiger partial charge in [-0.15, -0.1) is 10.2 Å². The first-order valence-corrected chi connectivity index (χ1v) is 15.7. The summed E-state index contributed by atoms with van der Waals surface area (Å²) in [5.74, 6) is 0.993. The molecule has 0 saturated heterocycles. The standard InChI is InChI=1S/C42H28N4O/c1-3-13-30(14-4-1)41-43-44-42(47-41)31-22-24-33(25-23-31)45(38-21-11-15-29-12-7-8-18-35(29)38)34-26-27-40-37(28-34)36-19-9-10-20-39(36)46(40)32-16-5-2-6-17-32/h1-28H. The van der Waals surface area contributed by atoms with Crippen LogP contribution in [-0.2, 0) is 0 Å². The third-order valence-corrected chi connectivity index (χ3v) is 8.75. The first-order chi connectivity index (χ1) is 23.3. The van der Waals surface area contributed by atoms with Crippen molar-refractivity contribution in [3.05, 3.63) is 170 Å². The summed E-state index contributed by atoms with van der Waals surface area (Å²) in [5.41, 5.74) is 8.45. The van der Waals surface area contributed by atoms with Crippen molar-refractivity contribution in [3.63, 3.8) is 0 Å². The maximum absolute atomic E-state index is 6.07. The Balaban J connectivity index is 1.20. The zero-order valence-corrected chi connectivity index (χ0v) is 25.4. The number of fused-ring (bicyclic) bond motifs is 4. The van der Waals surface area contributed by atoms with Gasteiger partial charge in [0.15, 0.2) is 0 Å². The molecule has 0 amide bonds. The third kappa shape index (κ3) is 4.64. The van der Waals surface area contributed by atoms with E-state index < -0.39 is 0 Å². The number of anilines is 3. The van der Waals surface area contributed by atoms with Gasteiger partial charge in [0.25, 0.3) is 0 Å². The van der Waals surface area contributed by atoms with Crippen molar-refractivity contribution in [2.75, 3.05) is 4.90 Å². The zero-order chi connectivity index (χ0) is 31.2. The second kappa shape index (κ2) is 11.2. The van der Waals surface area contributed by atoms with Crippen molar-refractivity contribution in [2.24, 2.45) is 0 Å². The molecule has 5 nitrogen and oxygen atoms in total. The maximum atomic E-state index is 6.07. The van der Waals surface area contributed by atoms with Crippen molar-refractivity contribution in [1.82, 2.24) is 14.8 Å². The molecule has 47 heavy (non-hydrogen) atoms. The van der Waals surface area contributed by atoms with Gasteiger partial charge in [-0.3, -0.25) is 0 Å². The molecule has 0 bridgehead atoms. The highest BCUT2D eigenvalue weighted by Gasteiger charge is 2.19. The fourth-order valence-corrected chi connectivity index (χ4v) is 6.58. The number of rotatable bonds is 6. The van der Waals surface area contributed by atoms with E-state index in [9.17, 15) is 0 Å². The van der Waals surface area contributed by atoms with E-state index in [1.807, 2.05) is 30.3 Å². The van der Waals surface area contributed by atoms with Gasteiger partial charge >= 0.3 is 0 Å². The molecule has 0 fully saturated rings. The van der Waals surface area contributed by atoms with Crippen molar-refractivity contribution in [1.29, 1.82) is 0 Å². The molecule has 0 aliphatic rings. The van der Waals surface area contributed by atoms with Gasteiger partial charge in [0.1, 0.15) is 0 Å². The summed E-state index contributed by atoms with van der Waals surface area (Å²) in [5, 5.41) is 13.4. The molecule has 0 saturated carbocycles. The lowest BCUT2D eigenvalue weighted by atomic mass is 10.1. The molecule has 0 N–H and O–H groups in total. The van der Waals surface area contributed by atoms with Crippen LogP contribution in [0.2, 0.25) is 0 Å². The molecule has 0 aliphatic heterocycles. The fraction of sp³-hybridized carbons (Fsp3) is 0. The highest BCUT2D eigenvalue weighted by Crippen LogP contribution is 2.42. The normalized spacial score (nSPS) is 11.4. The number of aromatic nitrogens is 3. The van der Waals surface area contributed by atoms with E-state index in [1.165, 1.54) is 32.6 Å². The number of para-hydroxylation sites is 2. The Morgan fingerprint density at radius 3 is 1.83 bits per heavy atom. The second-order valence-corrected chi connectivity index (χ2v) is 11.5. The van der Waals surface area contributed by atoms with Crippen LogP contribution >= 0.6 is 0 Å². The molecule has 222 valence electrons. The van der Waals surface area contributed by atoms with E-state index >= 15 is 0 Å². The smallest absolute Gasteiger partial charge is 0.248 e. The van der Waals surface area contributed by atoms with Gasteiger partial charge in [0, 0.05) is 44.3 Å². The number of benzene rings is 7. The Hall–Kier alpha value is -6.46. The average molecular weight is 605 g/mol. The monoisotopic (exact) mass is 604 g/mol. The van der Waals surface area contributed by atoms with Gasteiger partial charge < -0.3 is 13.9 Å². The predicted octanol–water partition coefficient (Wildman–Crippen LogP) is 11.1. The van der Waals surface area contributed by atoms with Gasteiger partial charge in [0.2, 0.25) is 11.8 Å². The average Bonchev–Trinajstić information content (AvgIpc) is 3.77. The summed E-state index contributed by atoms with van der Waals surface area (Å²) in [7, 11) is 0. The molecular weight excluding hydrogens is 576 g/mol. The van der Waals surface area contributed by atoms with Crippen molar-refractivity contribution < 1.29 is 4.42 Å². The highest BCUT2D eigenvalue weighted by molar-refractivity contribution is 6.11. The number of nitrogens with zero attached hydrogens (tertiary/aromatic N) is 4. The summed E-state index contributed by atoms with van der Waals surface area (Å²) in [6.07, 6.45) is 0. The van der Waals surface area contributed by atoms with Crippen molar-refractivity contribution in [2.45, 2.75) is 0 Å². The number of hydrogen-bond donors (Lipinski definition) is 0. The first kappa shape index (κ1) is 26.9. The Morgan fingerprint density at radius 1 is 0.447 bits per heavy atom. The molecule has 0 aliphatic carbocycles. The molecule has 9 aromatic rings. The van der Waals surface area contributed by atoms with Crippen molar-refractivity contribution in [3.8, 4) is 28.6 Å². The Labute approximate surface area is 271 Å². The molecule has 2 heterocycles. The lowest BCUT2D eigenvalue weighted by molar-refractivity contribution is 0.584. The van der Waals surface area contributed by atoms with Gasteiger partial charge in [0.05, 0.1) is 16.7 Å². The van der Waals surface area contributed by atoms with Crippen LogP contribution in [0.25, 0.3) is 61.2 Å². The van der Waals surface area contributed by atoms with Gasteiger partial charge in [-0.2, -0.15) is 0 Å². The van der Waals surface area contributed by atoms with Crippen molar-refractivity contribution >= 4 is 49.6 Å². The Kier molecular flexibility index (Phi) is 6.39. The summed E-state index contributed by atoms with van der Waals surface area (Å²) in [4.78, 5) is 2.34. The van der Waals surface area contributed by atoms with Gasteiger partial charge in [-0.25, -0.2) is 0 Å². The summed E-state index contributed by atoms with van der Waals surface area (Å²) >= 11 is 0. The van der Waals surface area contributed by atoms with E-state index in [2.05, 4.69) is 159 Å². The second-order valence-electron chi connectivity index (χ2n) is 11.5. The topological polar surface area (TPSA) is 47.1 Å². The molecule has 9 rings (SSSR count). The van der Waals surface area contributed by atoms with E-state index in [4.69, 9.17) is 4.42 Å². The number of hydrogen-bond acceptors (Lipinski definition) is 4. The van der Waals surface area contributed by atoms with Crippen LogP contribution in [0.3, 0.4) is 0 Å². The molecule has 0 radical (unpaired) electrons. The Morgan fingerprint density at radius 2 is 1.04 bits per heavy atom. The zero-order valence-electron chi connectivity index (χ0n) is 25.4. The highest BCUT2D eigenvalue weighted by atomic mass is 16.4. The van der Waals surface area contributed by atoms with E-state index in [0.717, 1.165) is 33.9 Å². The minimum absolute atomic E-state index is 0.488. The molecule has 0 spiro atoms. The van der Waals surface area contributed by atoms with Crippen LogP contribution in [0, 0.1) is 0 Å². The van der Waals surface area contributed by atoms with Crippen LogP contribution in [0.4, 0.5) is 17.1 Å². The first-order valence-electron chi connectivity index (χ1n) is 15.7. The lowest BCUT2D eigenvalue weighted by Crippen LogP contribution is -2.10. The van der Waals surface area contributed by atoms with Crippen LogP contribution in [0.5, 0.6) is 0 Å². The van der Waals surface area contributed by atoms with Crippen LogP contribution in [0.1, 0.15) is 0 Å². The molecule has 2 aromatic heterocycles. The van der Waals surface area contributed by atoms with Gasteiger partial charge in [-0.1, -0.05) is 91.0 Å². The minimum atomic E-state index is 0.488. The maximum Gasteiger partial charge on any atom is 0.248 e. The van der Waals surface area contributed by atoms with E-state index in [1.54, 1.807) is 0 Å². The predicted molar refractivity (Wildman–Crippen MR) is 192 cm³/mol. The van der Waals surface area contributed by atoms with Crippen LogP contribution in [0.15, 0.2) is 174 Å². The largest absolute Gasteiger partial charge is 0.416 e. The summed E-state index contributed by atoms with van der Waals surface area (Å²) in [6, 6.07) is 59.2. The van der Waals surface area contributed by atoms with E-state index in [-0.39, 0.29) is 0 Å². The SMILES string of the molecule is c1ccc(-c2nnc(-c3ccc(N(c4ccc5c(c4)c4ccccc4n5-c4ccccc4)c4cccc5ccccc45)cc3)o2)cc1. The molecule has 7 aromatic carbocycles. The van der Waals surface area contributed by atoms with E-state index in [0.29, 0.717) is 11.8 Å². The van der Waals surface area contributed by atoms with Crippen LogP contribution in [-0.4, -0.2) is 14.8 Å². The third-order valence-electron chi connectivity index (χ3n) is 8.75.